The second-order valence-corrected chi connectivity index (χ2v) is 6.09. The van der Waals surface area contributed by atoms with E-state index in [0.29, 0.717) is 11.7 Å². The maximum atomic E-state index is 12.8. The number of hydrogen-bond acceptors (Lipinski definition) is 5. The van der Waals surface area contributed by atoms with E-state index in [1.54, 1.807) is 7.11 Å². The number of methoxy groups -OCH3 is 1. The van der Waals surface area contributed by atoms with Gasteiger partial charge in [-0.15, -0.1) is 0 Å². The van der Waals surface area contributed by atoms with Gasteiger partial charge in [-0.3, -0.25) is 14.8 Å². The van der Waals surface area contributed by atoms with Crippen LogP contribution in [0.15, 0.2) is 0 Å². The van der Waals surface area contributed by atoms with Gasteiger partial charge in [-0.25, -0.2) is 0 Å². The van der Waals surface area contributed by atoms with Crippen molar-refractivity contribution in [1.29, 1.82) is 0 Å². The zero-order valence-electron chi connectivity index (χ0n) is 13.4. The molecule has 0 spiro atoms. The molecule has 122 valence electrons. The fraction of sp³-hybridized carbons (Fsp3) is 0.733. The molecule has 0 radical (unpaired) electrons. The molecule has 1 amide bonds. The minimum Gasteiger partial charge on any atom is -0.383 e. The Morgan fingerprint density at radius 1 is 1.45 bits per heavy atom. The van der Waals surface area contributed by atoms with Crippen molar-refractivity contribution in [2.45, 2.75) is 25.9 Å². The molecule has 1 unspecified atom stereocenters. The van der Waals surface area contributed by atoms with Crippen LogP contribution < -0.4 is 5.32 Å². The Morgan fingerprint density at radius 2 is 2.32 bits per heavy atom. The largest absolute Gasteiger partial charge is 0.383 e. The van der Waals surface area contributed by atoms with Crippen molar-refractivity contribution in [3.8, 4) is 0 Å². The van der Waals surface area contributed by atoms with E-state index in [9.17, 15) is 4.79 Å². The molecule has 2 aliphatic rings. The first kappa shape index (κ1) is 15.5. The third kappa shape index (κ3) is 3.02. The number of amides is 1. The van der Waals surface area contributed by atoms with Crippen molar-refractivity contribution >= 4 is 5.91 Å². The fourth-order valence-electron chi connectivity index (χ4n) is 3.27. The summed E-state index contributed by atoms with van der Waals surface area (Å²) in [6, 6.07) is 0.348. The molecule has 2 aliphatic heterocycles. The van der Waals surface area contributed by atoms with Gasteiger partial charge in [0.25, 0.3) is 5.91 Å². The highest BCUT2D eigenvalue weighted by Gasteiger charge is 2.30. The Kier molecular flexibility index (Phi) is 4.75. The van der Waals surface area contributed by atoms with Crippen LogP contribution in [-0.4, -0.2) is 78.4 Å². The maximum absolute atomic E-state index is 12.8. The van der Waals surface area contributed by atoms with Crippen LogP contribution in [0.4, 0.5) is 0 Å². The molecule has 1 saturated heterocycles. The van der Waals surface area contributed by atoms with Crippen LogP contribution in [0, 0.1) is 0 Å². The van der Waals surface area contributed by atoms with Gasteiger partial charge in [0.2, 0.25) is 0 Å². The van der Waals surface area contributed by atoms with Crippen molar-refractivity contribution in [2.24, 2.45) is 0 Å². The van der Waals surface area contributed by atoms with Gasteiger partial charge < -0.3 is 15.0 Å². The number of H-pyrrole nitrogens is 1. The summed E-state index contributed by atoms with van der Waals surface area (Å²) in [4.78, 5) is 17.1. The molecule has 0 saturated carbocycles. The minimum atomic E-state index is 0.0550. The molecule has 7 heteroatoms. The quantitative estimate of drug-likeness (QED) is 0.809. The van der Waals surface area contributed by atoms with Gasteiger partial charge >= 0.3 is 0 Å². The summed E-state index contributed by atoms with van der Waals surface area (Å²) < 4.78 is 5.15. The Labute approximate surface area is 131 Å². The van der Waals surface area contributed by atoms with Gasteiger partial charge in [0.1, 0.15) is 0 Å². The monoisotopic (exact) mass is 307 g/mol. The van der Waals surface area contributed by atoms with Crippen LogP contribution in [0.1, 0.15) is 28.7 Å². The van der Waals surface area contributed by atoms with Gasteiger partial charge in [0.15, 0.2) is 5.69 Å². The molecule has 7 nitrogen and oxygen atoms in total. The zero-order chi connectivity index (χ0) is 15.5. The topological polar surface area (TPSA) is 73.5 Å². The SMILES string of the molecule is COCCN1CCN(C(=O)c2n[nH]c3c2CNCC3)CC1C. The molecule has 2 N–H and O–H groups in total. The van der Waals surface area contributed by atoms with E-state index in [4.69, 9.17) is 4.74 Å². The van der Waals surface area contributed by atoms with Crippen LogP contribution in [0.2, 0.25) is 0 Å². The van der Waals surface area contributed by atoms with E-state index < -0.39 is 0 Å². The first-order chi connectivity index (χ1) is 10.7. The van der Waals surface area contributed by atoms with Gasteiger partial charge in [-0.1, -0.05) is 0 Å². The highest BCUT2D eigenvalue weighted by Crippen LogP contribution is 2.19. The summed E-state index contributed by atoms with van der Waals surface area (Å²) in [7, 11) is 1.72. The highest BCUT2D eigenvalue weighted by atomic mass is 16.5. The summed E-state index contributed by atoms with van der Waals surface area (Å²) in [6.07, 6.45) is 0.914. The first-order valence-electron chi connectivity index (χ1n) is 7.99. The van der Waals surface area contributed by atoms with E-state index in [0.717, 1.165) is 63.6 Å². The molecule has 0 bridgehead atoms. The number of aromatic nitrogens is 2. The molecule has 22 heavy (non-hydrogen) atoms. The molecule has 0 aliphatic carbocycles. The Balaban J connectivity index is 1.65. The molecule has 0 aromatic carbocycles. The lowest BCUT2D eigenvalue weighted by Gasteiger charge is -2.39. The number of ether oxygens (including phenoxy) is 1. The molecule has 1 aromatic rings. The number of carbonyl (C=O) groups excluding carboxylic acids is 1. The van der Waals surface area contributed by atoms with Crippen LogP contribution in [0.3, 0.4) is 0 Å². The van der Waals surface area contributed by atoms with Crippen LogP contribution >= 0.6 is 0 Å². The molecular formula is C15H25N5O2. The van der Waals surface area contributed by atoms with Crippen LogP contribution in [0.5, 0.6) is 0 Å². The smallest absolute Gasteiger partial charge is 0.274 e. The fourth-order valence-corrected chi connectivity index (χ4v) is 3.27. The van der Waals surface area contributed by atoms with Gasteiger partial charge in [-0.2, -0.15) is 5.10 Å². The molecule has 1 aromatic heterocycles. The number of nitrogens with zero attached hydrogens (tertiary/aromatic N) is 3. The lowest BCUT2D eigenvalue weighted by Crippen LogP contribution is -2.54. The number of fused-ring (bicyclic) bond motifs is 1. The summed E-state index contributed by atoms with van der Waals surface area (Å²) in [5.41, 5.74) is 2.75. The van der Waals surface area contributed by atoms with Crippen LogP contribution in [-0.2, 0) is 17.7 Å². The number of nitrogens with one attached hydrogen (secondary N) is 2. The predicted molar refractivity (Wildman–Crippen MR) is 82.8 cm³/mol. The molecule has 3 heterocycles. The summed E-state index contributed by atoms with van der Waals surface area (Å²) in [6.45, 7) is 7.88. The number of carbonyl (C=O) groups is 1. The standard InChI is InChI=1S/C15H25N5O2/c1-11-10-20(6-5-19(11)7-8-22-2)15(21)14-12-9-16-4-3-13(12)17-18-14/h11,16H,3-10H2,1-2H3,(H,17,18). The average molecular weight is 307 g/mol. The van der Waals surface area contributed by atoms with E-state index in [2.05, 4.69) is 27.3 Å². The summed E-state index contributed by atoms with van der Waals surface area (Å²) in [5.74, 6) is 0.0550. The highest BCUT2D eigenvalue weighted by molar-refractivity contribution is 5.94. The summed E-state index contributed by atoms with van der Waals surface area (Å²) in [5, 5.41) is 10.6. The first-order valence-corrected chi connectivity index (χ1v) is 7.99. The van der Waals surface area contributed by atoms with Crippen LogP contribution in [0.25, 0.3) is 0 Å². The maximum Gasteiger partial charge on any atom is 0.274 e. The number of aromatic amines is 1. The normalized spacial score (nSPS) is 22.6. The molecule has 1 atom stereocenters. The van der Waals surface area contributed by atoms with Crippen molar-refractivity contribution in [1.82, 2.24) is 25.3 Å². The van der Waals surface area contributed by atoms with Crippen molar-refractivity contribution in [3.05, 3.63) is 17.0 Å². The molecule has 1 fully saturated rings. The Hall–Kier alpha value is -1.44. The summed E-state index contributed by atoms with van der Waals surface area (Å²) >= 11 is 0. The Bertz CT molecular complexity index is 530. The number of hydrogen-bond donors (Lipinski definition) is 2. The lowest BCUT2D eigenvalue weighted by molar-refractivity contribution is 0.0429. The van der Waals surface area contributed by atoms with Crippen molar-refractivity contribution in [2.75, 3.05) is 46.4 Å². The number of rotatable bonds is 4. The van der Waals surface area contributed by atoms with E-state index in [1.807, 2.05) is 4.90 Å². The van der Waals surface area contributed by atoms with Gasteiger partial charge in [0.05, 0.1) is 6.61 Å². The van der Waals surface area contributed by atoms with Crippen molar-refractivity contribution in [3.63, 3.8) is 0 Å². The predicted octanol–water partition coefficient (Wildman–Crippen LogP) is -0.152. The van der Waals surface area contributed by atoms with E-state index in [-0.39, 0.29) is 5.91 Å². The van der Waals surface area contributed by atoms with E-state index >= 15 is 0 Å². The third-order valence-electron chi connectivity index (χ3n) is 4.64. The number of piperazine rings is 1. The zero-order valence-corrected chi connectivity index (χ0v) is 13.4. The third-order valence-corrected chi connectivity index (χ3v) is 4.64. The lowest BCUT2D eigenvalue weighted by atomic mass is 10.1. The van der Waals surface area contributed by atoms with Gasteiger partial charge in [0, 0.05) is 70.1 Å². The second kappa shape index (κ2) is 6.76. The minimum absolute atomic E-state index is 0.0550. The van der Waals surface area contributed by atoms with Crippen molar-refractivity contribution < 1.29 is 9.53 Å². The van der Waals surface area contributed by atoms with E-state index in [1.165, 1.54) is 0 Å². The molecule has 3 rings (SSSR count). The average Bonchev–Trinajstić information content (AvgIpc) is 2.97. The van der Waals surface area contributed by atoms with Gasteiger partial charge in [-0.05, 0) is 6.92 Å². The molecular weight excluding hydrogens is 282 g/mol. The Morgan fingerprint density at radius 3 is 3.09 bits per heavy atom. The second-order valence-electron chi connectivity index (χ2n) is 6.09.